The van der Waals surface area contributed by atoms with Crippen molar-refractivity contribution in [2.45, 2.75) is 12.5 Å². The van der Waals surface area contributed by atoms with E-state index in [1.54, 1.807) is 12.4 Å². The highest BCUT2D eigenvalue weighted by Crippen LogP contribution is 2.19. The molecule has 1 atom stereocenters. The topological polar surface area (TPSA) is 65.6 Å². The molecule has 3 rings (SSSR count). The van der Waals surface area contributed by atoms with Crippen LogP contribution in [0.15, 0.2) is 30.6 Å². The minimum absolute atomic E-state index is 0.489. The fraction of sp³-hybridized carbons (Fsp3) is 0.333. The molecule has 3 heterocycles. The summed E-state index contributed by atoms with van der Waals surface area (Å²) in [5.41, 5.74) is 2.12. The van der Waals surface area contributed by atoms with E-state index in [9.17, 15) is 0 Å². The SMILES string of the molecule is c1cc(-c2cc(NC3CCNC3)n[nH]2)ccn1. The molecule has 0 aromatic carbocycles. The van der Waals surface area contributed by atoms with Crippen LogP contribution >= 0.6 is 0 Å². The third kappa shape index (κ3) is 2.29. The molecule has 0 spiro atoms. The van der Waals surface area contributed by atoms with Gasteiger partial charge in [-0.05, 0) is 25.1 Å². The predicted molar refractivity (Wildman–Crippen MR) is 66.7 cm³/mol. The van der Waals surface area contributed by atoms with Gasteiger partial charge in [-0.15, -0.1) is 0 Å². The Morgan fingerprint density at radius 3 is 2.94 bits per heavy atom. The first kappa shape index (κ1) is 10.3. The van der Waals surface area contributed by atoms with Gasteiger partial charge in [0.05, 0.1) is 5.69 Å². The smallest absolute Gasteiger partial charge is 0.148 e. The van der Waals surface area contributed by atoms with Crippen molar-refractivity contribution in [3.05, 3.63) is 30.6 Å². The van der Waals surface area contributed by atoms with Crippen LogP contribution in [0.4, 0.5) is 5.82 Å². The first-order chi connectivity index (χ1) is 8.42. The number of pyridine rings is 1. The second kappa shape index (κ2) is 4.55. The second-order valence-corrected chi connectivity index (χ2v) is 4.24. The highest BCUT2D eigenvalue weighted by atomic mass is 15.2. The third-order valence-electron chi connectivity index (χ3n) is 2.98. The summed E-state index contributed by atoms with van der Waals surface area (Å²) in [4.78, 5) is 4.00. The van der Waals surface area contributed by atoms with Crippen LogP contribution in [0.3, 0.4) is 0 Å². The number of aromatic nitrogens is 3. The van der Waals surface area contributed by atoms with Crippen LogP contribution in [0.1, 0.15) is 6.42 Å². The van der Waals surface area contributed by atoms with E-state index >= 15 is 0 Å². The maximum absolute atomic E-state index is 4.27. The number of aromatic amines is 1. The lowest BCUT2D eigenvalue weighted by Gasteiger charge is -2.08. The number of rotatable bonds is 3. The molecule has 0 amide bonds. The number of nitrogens with one attached hydrogen (secondary N) is 3. The number of nitrogens with zero attached hydrogens (tertiary/aromatic N) is 2. The standard InChI is InChI=1S/C12H15N5/c1-4-13-5-2-9(1)11-7-12(17-16-11)15-10-3-6-14-8-10/h1-2,4-5,7,10,14H,3,6,8H2,(H2,15,16,17). The summed E-state index contributed by atoms with van der Waals surface area (Å²) in [6, 6.07) is 6.46. The average molecular weight is 229 g/mol. The summed E-state index contributed by atoms with van der Waals surface area (Å²) in [6.45, 7) is 2.09. The monoisotopic (exact) mass is 229 g/mol. The van der Waals surface area contributed by atoms with Gasteiger partial charge in [0.2, 0.25) is 0 Å². The zero-order valence-corrected chi connectivity index (χ0v) is 9.48. The zero-order chi connectivity index (χ0) is 11.5. The van der Waals surface area contributed by atoms with Crippen molar-refractivity contribution in [1.29, 1.82) is 0 Å². The van der Waals surface area contributed by atoms with Crippen LogP contribution in [0.25, 0.3) is 11.3 Å². The van der Waals surface area contributed by atoms with Crippen molar-refractivity contribution in [3.8, 4) is 11.3 Å². The molecular weight excluding hydrogens is 214 g/mol. The molecule has 5 heteroatoms. The Balaban J connectivity index is 1.74. The highest BCUT2D eigenvalue weighted by molar-refractivity contribution is 5.62. The lowest BCUT2D eigenvalue weighted by Crippen LogP contribution is -2.22. The van der Waals surface area contributed by atoms with E-state index in [1.165, 1.54) is 0 Å². The van der Waals surface area contributed by atoms with Gasteiger partial charge in [0.1, 0.15) is 5.82 Å². The van der Waals surface area contributed by atoms with Gasteiger partial charge in [0.15, 0.2) is 0 Å². The molecule has 88 valence electrons. The van der Waals surface area contributed by atoms with Gasteiger partial charge in [0, 0.05) is 36.6 Å². The van der Waals surface area contributed by atoms with Gasteiger partial charge < -0.3 is 10.6 Å². The number of hydrogen-bond acceptors (Lipinski definition) is 4. The first-order valence-electron chi connectivity index (χ1n) is 5.85. The zero-order valence-electron chi connectivity index (χ0n) is 9.48. The summed E-state index contributed by atoms with van der Waals surface area (Å²) in [6.07, 6.45) is 4.71. The lowest BCUT2D eigenvalue weighted by molar-refractivity contribution is 0.786. The van der Waals surface area contributed by atoms with Crippen LogP contribution in [0.2, 0.25) is 0 Å². The van der Waals surface area contributed by atoms with Gasteiger partial charge in [-0.3, -0.25) is 10.1 Å². The van der Waals surface area contributed by atoms with Crippen LogP contribution in [-0.2, 0) is 0 Å². The van der Waals surface area contributed by atoms with Crippen LogP contribution in [0.5, 0.6) is 0 Å². The molecule has 0 bridgehead atoms. The Hall–Kier alpha value is -1.88. The Bertz CT molecular complexity index is 473. The summed E-state index contributed by atoms with van der Waals surface area (Å²) < 4.78 is 0. The van der Waals surface area contributed by atoms with E-state index in [1.807, 2.05) is 18.2 Å². The second-order valence-electron chi connectivity index (χ2n) is 4.24. The Morgan fingerprint density at radius 1 is 1.29 bits per heavy atom. The van der Waals surface area contributed by atoms with Crippen molar-refractivity contribution >= 4 is 5.82 Å². The van der Waals surface area contributed by atoms with Crippen molar-refractivity contribution in [2.24, 2.45) is 0 Å². The van der Waals surface area contributed by atoms with Crippen molar-refractivity contribution < 1.29 is 0 Å². The van der Waals surface area contributed by atoms with E-state index in [-0.39, 0.29) is 0 Å². The maximum Gasteiger partial charge on any atom is 0.148 e. The predicted octanol–water partition coefficient (Wildman–Crippen LogP) is 1.25. The summed E-state index contributed by atoms with van der Waals surface area (Å²) in [5.74, 6) is 0.908. The normalized spacial score (nSPS) is 19.4. The van der Waals surface area contributed by atoms with Crippen LogP contribution in [0, 0.1) is 0 Å². The molecular formula is C12H15N5. The average Bonchev–Trinajstić information content (AvgIpc) is 3.02. The Morgan fingerprint density at radius 2 is 2.18 bits per heavy atom. The molecule has 0 saturated carbocycles. The Labute approximate surface area is 99.7 Å². The molecule has 1 aliphatic heterocycles. The molecule has 0 aliphatic carbocycles. The summed E-state index contributed by atoms with van der Waals surface area (Å²) in [5, 5.41) is 14.0. The first-order valence-corrected chi connectivity index (χ1v) is 5.85. The summed E-state index contributed by atoms with van der Waals surface area (Å²) in [7, 11) is 0. The van der Waals surface area contributed by atoms with Crippen LogP contribution in [-0.4, -0.2) is 34.3 Å². The van der Waals surface area contributed by atoms with Gasteiger partial charge in [-0.1, -0.05) is 0 Å². The van der Waals surface area contributed by atoms with Crippen LogP contribution < -0.4 is 10.6 Å². The molecule has 0 radical (unpaired) electrons. The largest absolute Gasteiger partial charge is 0.365 e. The third-order valence-corrected chi connectivity index (χ3v) is 2.98. The van der Waals surface area contributed by atoms with E-state index in [0.29, 0.717) is 6.04 Å². The molecule has 1 fully saturated rings. The molecule has 3 N–H and O–H groups in total. The number of hydrogen-bond donors (Lipinski definition) is 3. The van der Waals surface area contributed by atoms with E-state index in [0.717, 1.165) is 36.6 Å². The molecule has 5 nitrogen and oxygen atoms in total. The quantitative estimate of drug-likeness (QED) is 0.741. The fourth-order valence-electron chi connectivity index (χ4n) is 2.06. The molecule has 1 aliphatic rings. The van der Waals surface area contributed by atoms with E-state index in [2.05, 4.69) is 25.8 Å². The van der Waals surface area contributed by atoms with E-state index in [4.69, 9.17) is 0 Å². The molecule has 1 saturated heterocycles. The highest BCUT2D eigenvalue weighted by Gasteiger charge is 2.15. The Kier molecular flexibility index (Phi) is 2.75. The molecule has 17 heavy (non-hydrogen) atoms. The number of anilines is 1. The van der Waals surface area contributed by atoms with Gasteiger partial charge >= 0.3 is 0 Å². The summed E-state index contributed by atoms with van der Waals surface area (Å²) >= 11 is 0. The minimum atomic E-state index is 0.489. The van der Waals surface area contributed by atoms with Crippen molar-refractivity contribution in [1.82, 2.24) is 20.5 Å². The minimum Gasteiger partial charge on any atom is -0.365 e. The maximum atomic E-state index is 4.27. The molecule has 2 aromatic heterocycles. The van der Waals surface area contributed by atoms with Gasteiger partial charge in [-0.25, -0.2) is 0 Å². The lowest BCUT2D eigenvalue weighted by atomic mass is 10.2. The fourth-order valence-corrected chi connectivity index (χ4v) is 2.06. The molecule has 1 unspecified atom stereocenters. The molecule has 2 aromatic rings. The van der Waals surface area contributed by atoms with Gasteiger partial charge in [-0.2, -0.15) is 5.10 Å². The van der Waals surface area contributed by atoms with Crippen molar-refractivity contribution in [2.75, 3.05) is 18.4 Å². The number of H-pyrrole nitrogens is 1. The van der Waals surface area contributed by atoms with Crippen molar-refractivity contribution in [3.63, 3.8) is 0 Å². The van der Waals surface area contributed by atoms with E-state index < -0.39 is 0 Å². The van der Waals surface area contributed by atoms with Gasteiger partial charge in [0.25, 0.3) is 0 Å².